The van der Waals surface area contributed by atoms with Gasteiger partial charge in [-0.3, -0.25) is 0 Å². The van der Waals surface area contributed by atoms with E-state index in [1.807, 2.05) is 0 Å². The van der Waals surface area contributed by atoms with E-state index in [9.17, 15) is 0 Å². The number of aryl methyl sites for hydroxylation is 1. The molecule has 2 unspecified atom stereocenters. The van der Waals surface area contributed by atoms with Crippen LogP contribution >= 0.6 is 0 Å². The Balaban J connectivity index is 1.76. The van der Waals surface area contributed by atoms with E-state index in [4.69, 9.17) is 9.47 Å². The van der Waals surface area contributed by atoms with E-state index in [0.29, 0.717) is 12.1 Å². The van der Waals surface area contributed by atoms with Gasteiger partial charge in [-0.2, -0.15) is 0 Å². The SMILES string of the molecule is CCCNC1c2ccccc2CCC1OC1COC1. The molecule has 104 valence electrons. The minimum atomic E-state index is 0.287. The van der Waals surface area contributed by atoms with Gasteiger partial charge < -0.3 is 14.8 Å². The first kappa shape index (κ1) is 13.1. The summed E-state index contributed by atoms with van der Waals surface area (Å²) < 4.78 is 11.4. The molecule has 0 spiro atoms. The van der Waals surface area contributed by atoms with Gasteiger partial charge in [-0.25, -0.2) is 0 Å². The molecule has 19 heavy (non-hydrogen) atoms. The molecular weight excluding hydrogens is 238 g/mol. The van der Waals surface area contributed by atoms with Gasteiger partial charge >= 0.3 is 0 Å². The first-order chi connectivity index (χ1) is 9.38. The molecule has 3 nitrogen and oxygen atoms in total. The predicted molar refractivity (Wildman–Crippen MR) is 75.3 cm³/mol. The standard InChI is InChI=1S/C16H23NO2/c1-2-9-17-16-14-6-4-3-5-12(14)7-8-15(16)19-13-10-18-11-13/h3-6,13,15-17H,2,7-11H2,1H3. The van der Waals surface area contributed by atoms with Crippen LogP contribution in [0, 0.1) is 0 Å². The summed E-state index contributed by atoms with van der Waals surface area (Å²) in [5.41, 5.74) is 2.90. The van der Waals surface area contributed by atoms with E-state index in [2.05, 4.69) is 36.5 Å². The van der Waals surface area contributed by atoms with Gasteiger partial charge in [0.05, 0.1) is 25.4 Å². The van der Waals surface area contributed by atoms with Gasteiger partial charge in [-0.05, 0) is 36.9 Å². The van der Waals surface area contributed by atoms with E-state index >= 15 is 0 Å². The molecule has 1 N–H and O–H groups in total. The molecule has 0 radical (unpaired) electrons. The van der Waals surface area contributed by atoms with Gasteiger partial charge in [0, 0.05) is 0 Å². The molecule has 1 aromatic rings. The molecule has 0 saturated carbocycles. The summed E-state index contributed by atoms with van der Waals surface area (Å²) in [6, 6.07) is 9.10. The highest BCUT2D eigenvalue weighted by Crippen LogP contribution is 2.33. The zero-order valence-electron chi connectivity index (χ0n) is 11.6. The lowest BCUT2D eigenvalue weighted by Gasteiger charge is -2.38. The van der Waals surface area contributed by atoms with Crippen molar-refractivity contribution in [2.75, 3.05) is 19.8 Å². The number of fused-ring (bicyclic) bond motifs is 1. The van der Waals surface area contributed by atoms with Gasteiger partial charge in [0.1, 0.15) is 6.10 Å². The molecule has 0 amide bonds. The summed E-state index contributed by atoms with van der Waals surface area (Å²) in [7, 11) is 0. The average Bonchev–Trinajstić information content (AvgIpc) is 2.41. The Bertz CT molecular complexity index is 417. The van der Waals surface area contributed by atoms with E-state index in [0.717, 1.165) is 39.0 Å². The van der Waals surface area contributed by atoms with Gasteiger partial charge in [0.15, 0.2) is 0 Å². The van der Waals surface area contributed by atoms with Crippen molar-refractivity contribution in [1.82, 2.24) is 5.32 Å². The molecule has 2 aliphatic rings. The second kappa shape index (κ2) is 6.04. The van der Waals surface area contributed by atoms with Crippen LogP contribution in [0.2, 0.25) is 0 Å². The molecule has 1 saturated heterocycles. The fourth-order valence-electron chi connectivity index (χ4n) is 2.96. The highest BCUT2D eigenvalue weighted by atomic mass is 16.6. The molecule has 3 heteroatoms. The fourth-order valence-corrected chi connectivity index (χ4v) is 2.96. The highest BCUT2D eigenvalue weighted by Gasteiger charge is 2.33. The minimum Gasteiger partial charge on any atom is -0.376 e. The number of hydrogen-bond acceptors (Lipinski definition) is 3. The lowest BCUT2D eigenvalue weighted by molar-refractivity contribution is -0.163. The summed E-state index contributed by atoms with van der Waals surface area (Å²) in [6.45, 7) is 4.77. The van der Waals surface area contributed by atoms with E-state index < -0.39 is 0 Å². The van der Waals surface area contributed by atoms with E-state index in [1.54, 1.807) is 0 Å². The summed E-state index contributed by atoms with van der Waals surface area (Å²) in [5.74, 6) is 0. The largest absolute Gasteiger partial charge is 0.376 e. The first-order valence-corrected chi connectivity index (χ1v) is 7.43. The van der Waals surface area contributed by atoms with Gasteiger partial charge in [0.2, 0.25) is 0 Å². The van der Waals surface area contributed by atoms with Gasteiger partial charge in [-0.1, -0.05) is 31.2 Å². The maximum absolute atomic E-state index is 6.21. The van der Waals surface area contributed by atoms with E-state index in [1.165, 1.54) is 11.1 Å². The van der Waals surface area contributed by atoms with Crippen LogP contribution in [0.1, 0.15) is 36.9 Å². The third-order valence-corrected chi connectivity index (χ3v) is 4.05. The quantitative estimate of drug-likeness (QED) is 0.883. The average molecular weight is 261 g/mol. The number of ether oxygens (including phenoxy) is 2. The second-order valence-corrected chi connectivity index (χ2v) is 5.50. The van der Waals surface area contributed by atoms with Crippen LogP contribution < -0.4 is 5.32 Å². The van der Waals surface area contributed by atoms with Crippen molar-refractivity contribution < 1.29 is 9.47 Å². The Morgan fingerprint density at radius 3 is 2.89 bits per heavy atom. The van der Waals surface area contributed by atoms with Crippen molar-refractivity contribution in [3.8, 4) is 0 Å². The van der Waals surface area contributed by atoms with Crippen LogP contribution in [-0.2, 0) is 15.9 Å². The Labute approximate surface area is 115 Å². The fraction of sp³-hybridized carbons (Fsp3) is 0.625. The molecule has 0 bridgehead atoms. The monoisotopic (exact) mass is 261 g/mol. The number of nitrogens with one attached hydrogen (secondary N) is 1. The summed E-state index contributed by atoms with van der Waals surface area (Å²) >= 11 is 0. The zero-order chi connectivity index (χ0) is 13.1. The highest BCUT2D eigenvalue weighted by molar-refractivity contribution is 5.33. The maximum Gasteiger partial charge on any atom is 0.105 e. The summed E-state index contributed by atoms with van der Waals surface area (Å²) in [6.07, 6.45) is 3.97. The van der Waals surface area contributed by atoms with Crippen molar-refractivity contribution in [3.05, 3.63) is 35.4 Å². The van der Waals surface area contributed by atoms with Crippen LogP contribution in [0.15, 0.2) is 24.3 Å². The topological polar surface area (TPSA) is 30.5 Å². The van der Waals surface area contributed by atoms with E-state index in [-0.39, 0.29) is 6.10 Å². The van der Waals surface area contributed by atoms with Crippen molar-refractivity contribution in [3.63, 3.8) is 0 Å². The molecule has 1 aromatic carbocycles. The van der Waals surface area contributed by atoms with Gasteiger partial charge in [-0.15, -0.1) is 0 Å². The second-order valence-electron chi connectivity index (χ2n) is 5.50. The molecule has 2 atom stereocenters. The predicted octanol–water partition coefficient (Wildman–Crippen LogP) is 2.46. The van der Waals surface area contributed by atoms with Crippen molar-refractivity contribution in [1.29, 1.82) is 0 Å². The molecule has 1 fully saturated rings. The van der Waals surface area contributed by atoms with Crippen LogP contribution in [0.25, 0.3) is 0 Å². The molecule has 1 aliphatic heterocycles. The van der Waals surface area contributed by atoms with Crippen LogP contribution in [0.4, 0.5) is 0 Å². The van der Waals surface area contributed by atoms with Crippen LogP contribution in [0.5, 0.6) is 0 Å². The third-order valence-electron chi connectivity index (χ3n) is 4.05. The smallest absolute Gasteiger partial charge is 0.105 e. The summed E-state index contributed by atoms with van der Waals surface area (Å²) in [4.78, 5) is 0. The van der Waals surface area contributed by atoms with Crippen LogP contribution in [-0.4, -0.2) is 32.0 Å². The molecule has 1 aliphatic carbocycles. The van der Waals surface area contributed by atoms with Crippen LogP contribution in [0.3, 0.4) is 0 Å². The summed E-state index contributed by atoms with van der Waals surface area (Å²) in [5, 5.41) is 3.67. The normalized spacial score (nSPS) is 26.8. The first-order valence-electron chi connectivity index (χ1n) is 7.43. The van der Waals surface area contributed by atoms with Crippen molar-refractivity contribution in [2.24, 2.45) is 0 Å². The Kier molecular flexibility index (Phi) is 4.16. The molecular formula is C16H23NO2. The maximum atomic E-state index is 6.21. The zero-order valence-corrected chi connectivity index (χ0v) is 11.6. The Morgan fingerprint density at radius 2 is 2.16 bits per heavy atom. The Morgan fingerprint density at radius 1 is 1.32 bits per heavy atom. The Hall–Kier alpha value is -0.900. The van der Waals surface area contributed by atoms with Crippen molar-refractivity contribution >= 4 is 0 Å². The number of rotatable bonds is 5. The lowest BCUT2D eigenvalue weighted by Crippen LogP contribution is -2.45. The third kappa shape index (κ3) is 2.83. The number of benzene rings is 1. The molecule has 1 heterocycles. The molecule has 3 rings (SSSR count). The van der Waals surface area contributed by atoms with Gasteiger partial charge in [0.25, 0.3) is 0 Å². The number of hydrogen-bond donors (Lipinski definition) is 1. The molecule has 0 aromatic heterocycles. The van der Waals surface area contributed by atoms with Crippen molar-refractivity contribution in [2.45, 2.75) is 44.4 Å². The minimum absolute atomic E-state index is 0.287. The lowest BCUT2D eigenvalue weighted by atomic mass is 9.85.